The van der Waals surface area contributed by atoms with Crippen molar-refractivity contribution in [1.82, 2.24) is 4.57 Å². The van der Waals surface area contributed by atoms with E-state index in [1.165, 1.54) is 29.5 Å². The minimum Gasteiger partial charge on any atom is -0.486 e. The third-order valence-corrected chi connectivity index (χ3v) is 5.56. The van der Waals surface area contributed by atoms with Crippen molar-refractivity contribution in [3.05, 3.63) is 63.0 Å². The summed E-state index contributed by atoms with van der Waals surface area (Å²) in [6.45, 7) is 3.81. The maximum Gasteiger partial charge on any atom is 0.272 e. The number of aryl methyl sites for hydroxylation is 1. The second-order valence-corrected chi connectivity index (χ2v) is 7.64. The molecule has 0 saturated carbocycles. The highest BCUT2D eigenvalue weighted by Gasteiger charge is 2.16. The maximum absolute atomic E-state index is 12.4. The summed E-state index contributed by atoms with van der Waals surface area (Å²) in [5.41, 5.74) is 1.64. The predicted octanol–water partition coefficient (Wildman–Crippen LogP) is 3.93. The monoisotopic (exact) mass is 425 g/mol. The highest BCUT2D eigenvalue weighted by molar-refractivity contribution is 7.16. The summed E-state index contributed by atoms with van der Waals surface area (Å²) in [6.07, 6.45) is 3.84. The van der Waals surface area contributed by atoms with Gasteiger partial charge in [0.1, 0.15) is 13.2 Å². The number of carbonyl (C=O) groups is 1. The van der Waals surface area contributed by atoms with Crippen molar-refractivity contribution in [2.75, 3.05) is 13.2 Å². The minimum atomic E-state index is -0.462. The number of benzene rings is 2. The number of ether oxygens (including phenoxy) is 2. The van der Waals surface area contributed by atoms with Crippen LogP contribution >= 0.6 is 11.3 Å². The highest BCUT2D eigenvalue weighted by atomic mass is 32.1. The number of fused-ring (bicyclic) bond motifs is 2. The first-order valence-electron chi connectivity index (χ1n) is 9.49. The molecule has 4 rings (SSSR count). The zero-order valence-electron chi connectivity index (χ0n) is 16.2. The Morgan fingerprint density at radius 3 is 2.60 bits per heavy atom. The molecule has 1 aromatic heterocycles. The fourth-order valence-corrected chi connectivity index (χ4v) is 4.21. The quantitative estimate of drug-likeness (QED) is 0.351. The molecule has 0 fully saturated rings. The van der Waals surface area contributed by atoms with Crippen LogP contribution in [0.2, 0.25) is 0 Å². The topological polar surface area (TPSA) is 96.0 Å². The van der Waals surface area contributed by atoms with Crippen LogP contribution in [-0.2, 0) is 11.3 Å². The fraction of sp³-hybridized carbons (Fsp3) is 0.238. The molecule has 2 heterocycles. The van der Waals surface area contributed by atoms with E-state index in [1.54, 1.807) is 18.2 Å². The molecule has 0 bridgehead atoms. The Bertz CT molecular complexity index is 1210. The first-order valence-corrected chi connectivity index (χ1v) is 10.3. The number of non-ortho nitro benzene ring substituents is 1. The zero-order valence-corrected chi connectivity index (χ0v) is 17.1. The molecule has 154 valence electrons. The van der Waals surface area contributed by atoms with Crippen LogP contribution < -0.4 is 14.3 Å². The standard InChI is InChI=1S/C21H19N3O5S/c1-2-9-23-16-12-17-18(29-11-10-28-17)13-19(16)30-21(23)22-20(25)8-5-14-3-6-15(7-4-14)24(26)27/h3-8,12-13H,2,9-11H2,1H3/b8-5+,22-21?. The lowest BCUT2D eigenvalue weighted by atomic mass is 10.2. The van der Waals surface area contributed by atoms with Crippen molar-refractivity contribution in [2.24, 2.45) is 4.99 Å². The largest absolute Gasteiger partial charge is 0.486 e. The van der Waals surface area contributed by atoms with Crippen LogP contribution in [-0.4, -0.2) is 28.6 Å². The van der Waals surface area contributed by atoms with E-state index in [0.29, 0.717) is 35.1 Å². The number of nitro benzene ring substituents is 1. The number of nitrogens with zero attached hydrogens (tertiary/aromatic N) is 3. The molecule has 0 N–H and O–H groups in total. The first-order chi connectivity index (χ1) is 14.5. The fourth-order valence-electron chi connectivity index (χ4n) is 3.14. The van der Waals surface area contributed by atoms with Crippen molar-refractivity contribution in [2.45, 2.75) is 19.9 Å². The summed E-state index contributed by atoms with van der Waals surface area (Å²) in [4.78, 5) is 27.6. The lowest BCUT2D eigenvalue weighted by Crippen LogP contribution is -2.17. The van der Waals surface area contributed by atoms with Gasteiger partial charge in [-0.15, -0.1) is 0 Å². The van der Waals surface area contributed by atoms with E-state index >= 15 is 0 Å². The first kappa shape index (κ1) is 19.8. The Kier molecular flexibility index (Phi) is 5.62. The second-order valence-electron chi connectivity index (χ2n) is 6.63. The number of hydrogen-bond acceptors (Lipinski definition) is 6. The van der Waals surface area contributed by atoms with Gasteiger partial charge in [-0.2, -0.15) is 4.99 Å². The lowest BCUT2D eigenvalue weighted by molar-refractivity contribution is -0.384. The van der Waals surface area contributed by atoms with E-state index in [2.05, 4.69) is 11.9 Å². The summed E-state index contributed by atoms with van der Waals surface area (Å²) >= 11 is 1.42. The van der Waals surface area contributed by atoms with Crippen molar-refractivity contribution in [1.29, 1.82) is 0 Å². The van der Waals surface area contributed by atoms with Crippen molar-refractivity contribution >= 4 is 39.2 Å². The molecule has 0 spiro atoms. The molecule has 2 aromatic carbocycles. The Labute approximate surface area is 175 Å². The Morgan fingerprint density at radius 1 is 1.23 bits per heavy atom. The average Bonchev–Trinajstić information content (AvgIpc) is 3.07. The van der Waals surface area contributed by atoms with E-state index in [0.717, 1.165) is 23.2 Å². The van der Waals surface area contributed by atoms with Gasteiger partial charge in [-0.05, 0) is 30.2 Å². The van der Waals surface area contributed by atoms with Gasteiger partial charge in [-0.1, -0.05) is 18.3 Å². The average molecular weight is 425 g/mol. The number of amides is 1. The predicted molar refractivity (Wildman–Crippen MR) is 114 cm³/mol. The summed E-state index contributed by atoms with van der Waals surface area (Å²) in [6, 6.07) is 9.83. The molecule has 0 aliphatic carbocycles. The number of hydrogen-bond donors (Lipinski definition) is 0. The Balaban J connectivity index is 1.65. The van der Waals surface area contributed by atoms with Gasteiger partial charge in [0.25, 0.3) is 11.6 Å². The summed E-state index contributed by atoms with van der Waals surface area (Å²) in [5, 5.41) is 10.7. The SMILES string of the molecule is CCCn1c(=NC(=O)/C=C/c2ccc([N+](=O)[O-])cc2)sc2cc3c(cc21)OCCO3. The van der Waals surface area contributed by atoms with Gasteiger partial charge in [0, 0.05) is 36.9 Å². The molecule has 30 heavy (non-hydrogen) atoms. The van der Waals surface area contributed by atoms with E-state index < -0.39 is 10.8 Å². The number of rotatable bonds is 5. The third kappa shape index (κ3) is 4.11. The minimum absolute atomic E-state index is 0.00435. The Hall–Kier alpha value is -3.46. The van der Waals surface area contributed by atoms with Gasteiger partial charge in [0.2, 0.25) is 0 Å². The molecular weight excluding hydrogens is 406 g/mol. The molecule has 0 radical (unpaired) electrons. The summed E-state index contributed by atoms with van der Waals surface area (Å²) in [5.74, 6) is 1.00. The highest BCUT2D eigenvalue weighted by Crippen LogP contribution is 2.35. The van der Waals surface area contributed by atoms with Crippen LogP contribution in [0.15, 0.2) is 47.5 Å². The van der Waals surface area contributed by atoms with Crippen LogP contribution in [0.3, 0.4) is 0 Å². The van der Waals surface area contributed by atoms with Crippen molar-refractivity contribution in [3.63, 3.8) is 0 Å². The zero-order chi connectivity index (χ0) is 21.1. The van der Waals surface area contributed by atoms with Gasteiger partial charge < -0.3 is 14.0 Å². The summed E-state index contributed by atoms with van der Waals surface area (Å²) in [7, 11) is 0. The Morgan fingerprint density at radius 2 is 1.93 bits per heavy atom. The number of nitro groups is 1. The van der Waals surface area contributed by atoms with Gasteiger partial charge in [-0.3, -0.25) is 14.9 Å². The van der Waals surface area contributed by atoms with Crippen molar-refractivity contribution < 1.29 is 19.2 Å². The van der Waals surface area contributed by atoms with Gasteiger partial charge in [0.05, 0.1) is 15.1 Å². The van der Waals surface area contributed by atoms with Crippen LogP contribution in [0.1, 0.15) is 18.9 Å². The van der Waals surface area contributed by atoms with Crippen LogP contribution in [0.25, 0.3) is 16.3 Å². The molecule has 9 heteroatoms. The van der Waals surface area contributed by atoms with Crippen LogP contribution in [0.4, 0.5) is 5.69 Å². The molecule has 0 unspecified atom stereocenters. The lowest BCUT2D eigenvalue weighted by Gasteiger charge is -2.18. The molecule has 8 nitrogen and oxygen atoms in total. The van der Waals surface area contributed by atoms with Crippen LogP contribution in [0, 0.1) is 10.1 Å². The molecule has 1 aliphatic heterocycles. The molecule has 1 aliphatic rings. The van der Waals surface area contributed by atoms with E-state index in [1.807, 2.05) is 16.7 Å². The number of carbonyl (C=O) groups excluding carboxylic acids is 1. The van der Waals surface area contributed by atoms with Gasteiger partial charge in [-0.25, -0.2) is 0 Å². The molecule has 0 saturated heterocycles. The number of aromatic nitrogens is 1. The van der Waals surface area contributed by atoms with E-state index in [-0.39, 0.29) is 5.69 Å². The van der Waals surface area contributed by atoms with Gasteiger partial charge in [0.15, 0.2) is 16.3 Å². The second kappa shape index (κ2) is 8.50. The molecular formula is C21H19N3O5S. The van der Waals surface area contributed by atoms with E-state index in [4.69, 9.17) is 9.47 Å². The normalized spacial score (nSPS) is 13.8. The molecule has 0 atom stereocenters. The number of thiazole rings is 1. The smallest absolute Gasteiger partial charge is 0.272 e. The van der Waals surface area contributed by atoms with Crippen molar-refractivity contribution in [3.8, 4) is 11.5 Å². The van der Waals surface area contributed by atoms with Crippen LogP contribution in [0.5, 0.6) is 11.5 Å². The molecule has 1 amide bonds. The molecule has 3 aromatic rings. The van der Waals surface area contributed by atoms with Gasteiger partial charge >= 0.3 is 0 Å². The van der Waals surface area contributed by atoms with E-state index in [9.17, 15) is 14.9 Å². The third-order valence-electron chi connectivity index (χ3n) is 4.52. The maximum atomic E-state index is 12.4. The summed E-state index contributed by atoms with van der Waals surface area (Å²) < 4.78 is 14.3.